The zero-order valence-corrected chi connectivity index (χ0v) is 7.98. The zero-order chi connectivity index (χ0) is 8.97. The number of aryl methyl sites for hydroxylation is 1. The summed E-state index contributed by atoms with van der Waals surface area (Å²) in [7, 11) is 1.65. The zero-order valence-electron chi connectivity index (χ0n) is 7.16. The summed E-state index contributed by atoms with van der Waals surface area (Å²) >= 11 is 1.66. The number of hydrogen-bond donors (Lipinski definition) is 2. The monoisotopic (exact) mass is 184 g/mol. The number of aliphatic imine (C=N–C) groups is 1. The number of thiazole rings is 1. The number of rotatable bonds is 2. The Kier molecular flexibility index (Phi) is 3.04. The summed E-state index contributed by atoms with van der Waals surface area (Å²) in [6.07, 6.45) is 1.85. The molecular weight excluding hydrogens is 172 g/mol. The van der Waals surface area contributed by atoms with E-state index < -0.39 is 0 Å². The van der Waals surface area contributed by atoms with Crippen molar-refractivity contribution >= 4 is 17.3 Å². The molecule has 0 bridgehead atoms. The highest BCUT2D eigenvalue weighted by Crippen LogP contribution is 2.09. The summed E-state index contributed by atoms with van der Waals surface area (Å²) in [5, 5.41) is 3.96. The van der Waals surface area contributed by atoms with Crippen molar-refractivity contribution < 1.29 is 0 Å². The molecule has 0 unspecified atom stereocenters. The molecule has 0 aromatic carbocycles. The van der Waals surface area contributed by atoms with Gasteiger partial charge in [-0.1, -0.05) is 0 Å². The van der Waals surface area contributed by atoms with E-state index in [1.54, 1.807) is 18.4 Å². The maximum Gasteiger partial charge on any atom is 0.188 e. The lowest BCUT2D eigenvalue weighted by Gasteiger charge is -2.00. The van der Waals surface area contributed by atoms with Gasteiger partial charge in [-0.25, -0.2) is 4.98 Å². The first-order chi connectivity index (χ1) is 5.72. The maximum atomic E-state index is 5.44. The van der Waals surface area contributed by atoms with Crippen LogP contribution in [0.2, 0.25) is 0 Å². The van der Waals surface area contributed by atoms with Gasteiger partial charge in [0.2, 0.25) is 0 Å². The third kappa shape index (κ3) is 2.50. The van der Waals surface area contributed by atoms with E-state index in [9.17, 15) is 0 Å². The summed E-state index contributed by atoms with van der Waals surface area (Å²) in [5.41, 5.74) is 5.44. The lowest BCUT2D eigenvalue weighted by atomic mass is 10.6. The van der Waals surface area contributed by atoms with E-state index in [0.29, 0.717) is 12.5 Å². The number of guanidine groups is 1. The van der Waals surface area contributed by atoms with Gasteiger partial charge >= 0.3 is 0 Å². The molecule has 1 rings (SSSR count). The average Bonchev–Trinajstić information content (AvgIpc) is 2.47. The van der Waals surface area contributed by atoms with Crippen LogP contribution in [0.3, 0.4) is 0 Å². The van der Waals surface area contributed by atoms with Crippen LogP contribution in [0.4, 0.5) is 0 Å². The molecule has 1 heterocycles. The van der Waals surface area contributed by atoms with Gasteiger partial charge in [-0.3, -0.25) is 4.99 Å². The topological polar surface area (TPSA) is 63.3 Å². The van der Waals surface area contributed by atoms with Crippen molar-refractivity contribution in [2.24, 2.45) is 10.7 Å². The second kappa shape index (κ2) is 4.06. The number of nitrogens with two attached hydrogens (primary N) is 1. The Bertz CT molecular complexity index is 279. The highest BCUT2D eigenvalue weighted by Gasteiger charge is 1.97. The lowest BCUT2D eigenvalue weighted by molar-refractivity contribution is 0.888. The summed E-state index contributed by atoms with van der Waals surface area (Å²) in [6.45, 7) is 2.68. The Hall–Kier alpha value is -1.10. The average molecular weight is 184 g/mol. The molecule has 0 aliphatic carbocycles. The molecule has 0 amide bonds. The van der Waals surface area contributed by atoms with E-state index >= 15 is 0 Å². The third-order valence-electron chi connectivity index (χ3n) is 1.33. The van der Waals surface area contributed by atoms with Gasteiger partial charge in [-0.05, 0) is 6.92 Å². The molecule has 1 aromatic rings. The molecular formula is C7H12N4S. The van der Waals surface area contributed by atoms with Crippen LogP contribution < -0.4 is 11.1 Å². The van der Waals surface area contributed by atoms with Gasteiger partial charge in [0.1, 0.15) is 5.01 Å². The molecule has 0 aliphatic rings. The quantitative estimate of drug-likeness (QED) is 0.519. The van der Waals surface area contributed by atoms with Crippen LogP contribution in [0.15, 0.2) is 11.2 Å². The molecule has 0 saturated heterocycles. The number of hydrogen-bond acceptors (Lipinski definition) is 3. The van der Waals surface area contributed by atoms with Crippen LogP contribution in [0.5, 0.6) is 0 Å². The molecule has 1 aromatic heterocycles. The number of nitrogens with one attached hydrogen (secondary N) is 1. The molecule has 0 atom stereocenters. The van der Waals surface area contributed by atoms with Crippen molar-refractivity contribution in [3.63, 3.8) is 0 Å². The number of nitrogens with zero attached hydrogens (tertiary/aromatic N) is 2. The van der Waals surface area contributed by atoms with Gasteiger partial charge < -0.3 is 11.1 Å². The first-order valence-electron chi connectivity index (χ1n) is 3.60. The van der Waals surface area contributed by atoms with Gasteiger partial charge in [-0.2, -0.15) is 0 Å². The Morgan fingerprint density at radius 2 is 2.58 bits per heavy atom. The smallest absolute Gasteiger partial charge is 0.188 e. The summed E-state index contributed by atoms with van der Waals surface area (Å²) in [5.74, 6) is 0.447. The minimum atomic E-state index is 0.447. The van der Waals surface area contributed by atoms with Gasteiger partial charge in [0.05, 0.1) is 6.54 Å². The Labute approximate surface area is 75.5 Å². The second-order valence-corrected chi connectivity index (χ2v) is 3.65. The van der Waals surface area contributed by atoms with Crippen LogP contribution >= 0.6 is 11.3 Å². The van der Waals surface area contributed by atoms with Crippen LogP contribution in [-0.2, 0) is 6.54 Å². The van der Waals surface area contributed by atoms with Gasteiger partial charge in [0, 0.05) is 18.1 Å². The molecule has 0 aliphatic heterocycles. The van der Waals surface area contributed by atoms with Crippen molar-refractivity contribution in [2.75, 3.05) is 7.05 Å². The third-order valence-corrected chi connectivity index (χ3v) is 2.24. The first-order valence-corrected chi connectivity index (χ1v) is 4.41. The van der Waals surface area contributed by atoms with Crippen molar-refractivity contribution in [3.8, 4) is 0 Å². The predicted molar refractivity (Wildman–Crippen MR) is 51.2 cm³/mol. The fraction of sp³-hybridized carbons (Fsp3) is 0.429. The standard InChI is InChI=1S/C7H12N4S/c1-5-3-10-6(12-5)4-11-7(8)9-2/h3H,4H2,1-2H3,(H3,8,9,11). The van der Waals surface area contributed by atoms with E-state index in [2.05, 4.69) is 15.3 Å². The first kappa shape index (κ1) is 8.99. The molecule has 0 spiro atoms. The Balaban J connectivity index is 2.43. The highest BCUT2D eigenvalue weighted by molar-refractivity contribution is 7.11. The van der Waals surface area contributed by atoms with E-state index in [-0.39, 0.29) is 0 Å². The molecule has 0 saturated carbocycles. The fourth-order valence-corrected chi connectivity index (χ4v) is 1.46. The summed E-state index contributed by atoms with van der Waals surface area (Å²) in [6, 6.07) is 0. The van der Waals surface area contributed by atoms with Gasteiger partial charge in [-0.15, -0.1) is 11.3 Å². The largest absolute Gasteiger partial charge is 0.370 e. The Morgan fingerprint density at radius 1 is 1.83 bits per heavy atom. The van der Waals surface area contributed by atoms with Crippen molar-refractivity contribution in [2.45, 2.75) is 13.5 Å². The highest BCUT2D eigenvalue weighted by atomic mass is 32.1. The molecule has 0 radical (unpaired) electrons. The summed E-state index contributed by atoms with van der Waals surface area (Å²) < 4.78 is 0. The normalized spacial score (nSPS) is 11.7. The van der Waals surface area contributed by atoms with Crippen molar-refractivity contribution in [3.05, 3.63) is 16.1 Å². The molecule has 5 heteroatoms. The van der Waals surface area contributed by atoms with Crippen molar-refractivity contribution in [1.29, 1.82) is 0 Å². The minimum Gasteiger partial charge on any atom is -0.370 e. The molecule has 0 fully saturated rings. The van der Waals surface area contributed by atoms with Crippen LogP contribution in [0.25, 0.3) is 0 Å². The van der Waals surface area contributed by atoms with E-state index in [4.69, 9.17) is 5.73 Å². The van der Waals surface area contributed by atoms with E-state index in [0.717, 1.165) is 5.01 Å². The molecule has 3 N–H and O–H groups in total. The molecule has 12 heavy (non-hydrogen) atoms. The SMILES string of the molecule is CN=C(N)NCc1ncc(C)s1. The van der Waals surface area contributed by atoms with E-state index in [1.165, 1.54) is 4.88 Å². The van der Waals surface area contributed by atoms with Crippen LogP contribution in [0.1, 0.15) is 9.88 Å². The minimum absolute atomic E-state index is 0.447. The van der Waals surface area contributed by atoms with E-state index in [1.807, 2.05) is 13.1 Å². The maximum absolute atomic E-state index is 5.44. The molecule has 66 valence electrons. The second-order valence-electron chi connectivity index (χ2n) is 2.33. The van der Waals surface area contributed by atoms with Crippen LogP contribution in [0, 0.1) is 6.92 Å². The fourth-order valence-electron chi connectivity index (χ4n) is 0.728. The van der Waals surface area contributed by atoms with Crippen LogP contribution in [-0.4, -0.2) is 18.0 Å². The summed E-state index contributed by atoms with van der Waals surface area (Å²) in [4.78, 5) is 9.15. The van der Waals surface area contributed by atoms with Gasteiger partial charge in [0.25, 0.3) is 0 Å². The Morgan fingerprint density at radius 3 is 3.08 bits per heavy atom. The molecule has 4 nitrogen and oxygen atoms in total. The number of aromatic nitrogens is 1. The van der Waals surface area contributed by atoms with Crippen molar-refractivity contribution in [1.82, 2.24) is 10.3 Å². The predicted octanol–water partition coefficient (Wildman–Crippen LogP) is 0.486. The van der Waals surface area contributed by atoms with Gasteiger partial charge in [0.15, 0.2) is 5.96 Å². The lowest BCUT2D eigenvalue weighted by Crippen LogP contribution is -2.30.